The van der Waals surface area contributed by atoms with Crippen LogP contribution >= 0.6 is 0 Å². The fourth-order valence-electron chi connectivity index (χ4n) is 1.31. The van der Waals surface area contributed by atoms with Crippen molar-refractivity contribution in [3.05, 3.63) is 30.1 Å². The maximum Gasteiger partial charge on any atom is 0.328 e. The molecule has 0 radical (unpaired) electrons. The zero-order valence-corrected chi connectivity index (χ0v) is 10.8. The van der Waals surface area contributed by atoms with Crippen LogP contribution in [0.1, 0.15) is 13.8 Å². The number of halogens is 1. The highest BCUT2D eigenvalue weighted by atomic mass is 19.1. The van der Waals surface area contributed by atoms with Gasteiger partial charge in [0, 0.05) is 6.07 Å². The summed E-state index contributed by atoms with van der Waals surface area (Å²) in [5.74, 6) is -1.19. The molecule has 0 saturated carbocycles. The minimum absolute atomic E-state index is 0.249. The molecule has 1 atom stereocenters. The van der Waals surface area contributed by atoms with Crippen molar-refractivity contribution >= 4 is 11.9 Å². The average molecular weight is 269 g/mol. The zero-order chi connectivity index (χ0) is 14.3. The molecule has 6 heteroatoms. The Balaban J connectivity index is 2.37. The molecule has 0 fully saturated rings. The fraction of sp³-hybridized carbons (Fsp3) is 0.385. The molecule has 0 aromatic heterocycles. The van der Waals surface area contributed by atoms with Gasteiger partial charge in [0.15, 0.2) is 6.61 Å². The van der Waals surface area contributed by atoms with Gasteiger partial charge in [0.2, 0.25) is 0 Å². The molecule has 5 nitrogen and oxygen atoms in total. The second kappa shape index (κ2) is 7.35. The molecule has 0 bridgehead atoms. The molecular weight excluding hydrogens is 253 g/mol. The first-order chi connectivity index (χ1) is 9.02. The number of hydrogen-bond acceptors (Lipinski definition) is 4. The number of rotatable bonds is 6. The molecule has 1 N–H and O–H groups in total. The van der Waals surface area contributed by atoms with Gasteiger partial charge >= 0.3 is 5.97 Å². The molecule has 0 aliphatic carbocycles. The summed E-state index contributed by atoms with van der Waals surface area (Å²) in [5.41, 5.74) is 0. The van der Waals surface area contributed by atoms with E-state index in [1.807, 2.05) is 0 Å². The van der Waals surface area contributed by atoms with Gasteiger partial charge in [-0.25, -0.2) is 9.18 Å². The smallest absolute Gasteiger partial charge is 0.328 e. The van der Waals surface area contributed by atoms with Gasteiger partial charge in [0.05, 0.1) is 6.61 Å². The Morgan fingerprint density at radius 2 is 2.16 bits per heavy atom. The highest BCUT2D eigenvalue weighted by Gasteiger charge is 2.16. The maximum absolute atomic E-state index is 12.9. The second-order valence-electron chi connectivity index (χ2n) is 3.79. The Bertz CT molecular complexity index is 450. The van der Waals surface area contributed by atoms with E-state index in [9.17, 15) is 14.0 Å². The molecule has 1 aromatic rings. The molecule has 1 aromatic carbocycles. The van der Waals surface area contributed by atoms with Crippen LogP contribution in [0.15, 0.2) is 24.3 Å². The second-order valence-corrected chi connectivity index (χ2v) is 3.79. The minimum Gasteiger partial charge on any atom is -0.484 e. The average Bonchev–Trinajstić information content (AvgIpc) is 2.36. The van der Waals surface area contributed by atoms with Gasteiger partial charge in [-0.1, -0.05) is 6.07 Å². The Labute approximate surface area is 110 Å². The first-order valence-corrected chi connectivity index (χ1v) is 5.87. The van der Waals surface area contributed by atoms with E-state index in [-0.39, 0.29) is 19.0 Å². The van der Waals surface area contributed by atoms with Gasteiger partial charge in [-0.15, -0.1) is 0 Å². The molecule has 19 heavy (non-hydrogen) atoms. The normalized spacial score (nSPS) is 11.5. The number of esters is 1. The Morgan fingerprint density at radius 3 is 2.79 bits per heavy atom. The van der Waals surface area contributed by atoms with Gasteiger partial charge in [0.1, 0.15) is 17.6 Å². The van der Waals surface area contributed by atoms with Crippen molar-refractivity contribution in [2.45, 2.75) is 19.9 Å². The summed E-state index contributed by atoms with van der Waals surface area (Å²) < 4.78 is 22.7. The van der Waals surface area contributed by atoms with E-state index in [2.05, 4.69) is 5.32 Å². The van der Waals surface area contributed by atoms with Crippen molar-refractivity contribution in [1.82, 2.24) is 5.32 Å². The summed E-state index contributed by atoms with van der Waals surface area (Å²) in [6, 6.07) is 4.70. The van der Waals surface area contributed by atoms with Crippen molar-refractivity contribution in [2.24, 2.45) is 0 Å². The first kappa shape index (κ1) is 14.9. The summed E-state index contributed by atoms with van der Waals surface area (Å²) in [7, 11) is 0. The van der Waals surface area contributed by atoms with E-state index in [4.69, 9.17) is 9.47 Å². The molecule has 0 aliphatic rings. The van der Waals surface area contributed by atoms with E-state index >= 15 is 0 Å². The summed E-state index contributed by atoms with van der Waals surface area (Å²) in [4.78, 5) is 22.8. The molecule has 0 saturated heterocycles. The third kappa shape index (κ3) is 5.37. The van der Waals surface area contributed by atoms with E-state index in [0.717, 1.165) is 0 Å². The predicted octanol–water partition coefficient (Wildman–Crippen LogP) is 1.27. The number of benzene rings is 1. The summed E-state index contributed by atoms with van der Waals surface area (Å²) in [6.07, 6.45) is 0. The number of amides is 1. The molecular formula is C13H16FNO4. The SMILES string of the molecule is CCOC(=O)C(C)NC(=O)COc1cccc(F)c1. The van der Waals surface area contributed by atoms with Crippen LogP contribution in [0.3, 0.4) is 0 Å². The fourth-order valence-corrected chi connectivity index (χ4v) is 1.31. The molecule has 0 aliphatic heterocycles. The number of hydrogen-bond donors (Lipinski definition) is 1. The zero-order valence-electron chi connectivity index (χ0n) is 10.8. The van der Waals surface area contributed by atoms with E-state index in [0.29, 0.717) is 0 Å². The third-order valence-electron chi connectivity index (χ3n) is 2.18. The topological polar surface area (TPSA) is 64.6 Å². The summed E-state index contributed by atoms with van der Waals surface area (Å²) >= 11 is 0. The standard InChI is InChI=1S/C13H16FNO4/c1-3-18-13(17)9(2)15-12(16)8-19-11-6-4-5-10(14)7-11/h4-7,9H,3,8H2,1-2H3,(H,15,16). The van der Waals surface area contributed by atoms with Crippen LogP contribution in [0.4, 0.5) is 4.39 Å². The van der Waals surface area contributed by atoms with Crippen LogP contribution < -0.4 is 10.1 Å². The highest BCUT2D eigenvalue weighted by Crippen LogP contribution is 2.11. The largest absolute Gasteiger partial charge is 0.484 e. The lowest BCUT2D eigenvalue weighted by molar-refractivity contribution is -0.147. The Hall–Kier alpha value is -2.11. The van der Waals surface area contributed by atoms with Gasteiger partial charge in [-0.3, -0.25) is 4.79 Å². The van der Waals surface area contributed by atoms with E-state index in [1.165, 1.54) is 31.2 Å². The van der Waals surface area contributed by atoms with Gasteiger partial charge < -0.3 is 14.8 Å². The van der Waals surface area contributed by atoms with Crippen LogP contribution in [0.5, 0.6) is 5.75 Å². The van der Waals surface area contributed by atoms with E-state index in [1.54, 1.807) is 6.92 Å². The molecule has 0 spiro atoms. The minimum atomic E-state index is -0.747. The van der Waals surface area contributed by atoms with Crippen molar-refractivity contribution < 1.29 is 23.5 Å². The van der Waals surface area contributed by atoms with Crippen molar-refractivity contribution in [2.75, 3.05) is 13.2 Å². The van der Waals surface area contributed by atoms with Gasteiger partial charge in [-0.2, -0.15) is 0 Å². The number of carbonyl (C=O) groups is 2. The summed E-state index contributed by atoms with van der Waals surface area (Å²) in [5, 5.41) is 2.42. The van der Waals surface area contributed by atoms with Gasteiger partial charge in [0.25, 0.3) is 5.91 Å². The maximum atomic E-state index is 12.9. The molecule has 1 amide bonds. The summed E-state index contributed by atoms with van der Waals surface area (Å²) in [6.45, 7) is 3.14. The number of nitrogens with one attached hydrogen (secondary N) is 1. The van der Waals surface area contributed by atoms with Crippen molar-refractivity contribution in [1.29, 1.82) is 0 Å². The van der Waals surface area contributed by atoms with Crippen LogP contribution in [0, 0.1) is 5.82 Å². The molecule has 1 rings (SSSR count). The molecule has 1 unspecified atom stereocenters. The number of carbonyl (C=O) groups excluding carboxylic acids is 2. The van der Waals surface area contributed by atoms with Crippen LogP contribution in [-0.2, 0) is 14.3 Å². The Morgan fingerprint density at radius 1 is 1.42 bits per heavy atom. The monoisotopic (exact) mass is 269 g/mol. The van der Waals surface area contributed by atoms with Crippen molar-refractivity contribution in [3.8, 4) is 5.75 Å². The lowest BCUT2D eigenvalue weighted by Gasteiger charge is -2.13. The van der Waals surface area contributed by atoms with Crippen LogP contribution in [-0.4, -0.2) is 31.1 Å². The quantitative estimate of drug-likeness (QED) is 0.790. The Kier molecular flexibility index (Phi) is 5.78. The van der Waals surface area contributed by atoms with Crippen molar-refractivity contribution in [3.63, 3.8) is 0 Å². The van der Waals surface area contributed by atoms with Crippen LogP contribution in [0.2, 0.25) is 0 Å². The number of ether oxygens (including phenoxy) is 2. The highest BCUT2D eigenvalue weighted by molar-refractivity contribution is 5.84. The first-order valence-electron chi connectivity index (χ1n) is 5.87. The van der Waals surface area contributed by atoms with Crippen LogP contribution in [0.25, 0.3) is 0 Å². The van der Waals surface area contributed by atoms with E-state index < -0.39 is 23.7 Å². The molecule has 104 valence electrons. The molecule has 0 heterocycles. The lowest BCUT2D eigenvalue weighted by atomic mass is 10.3. The third-order valence-corrected chi connectivity index (χ3v) is 2.18. The van der Waals surface area contributed by atoms with Gasteiger partial charge in [-0.05, 0) is 26.0 Å². The predicted molar refractivity (Wildman–Crippen MR) is 66.1 cm³/mol. The lowest BCUT2D eigenvalue weighted by Crippen LogP contribution is -2.41.